The van der Waals surface area contributed by atoms with Crippen molar-refractivity contribution >= 4 is 16.8 Å². The highest BCUT2D eigenvalue weighted by Crippen LogP contribution is 2.26. The van der Waals surface area contributed by atoms with Gasteiger partial charge >= 0.3 is 0 Å². The molecule has 4 nitrogen and oxygen atoms in total. The lowest BCUT2D eigenvalue weighted by atomic mass is 10.1. The topological polar surface area (TPSA) is 51.5 Å². The van der Waals surface area contributed by atoms with Crippen LogP contribution >= 0.6 is 0 Å². The fourth-order valence-corrected chi connectivity index (χ4v) is 2.05. The van der Waals surface area contributed by atoms with E-state index in [-0.39, 0.29) is 17.8 Å². The first-order valence-corrected chi connectivity index (χ1v) is 6.90. The van der Waals surface area contributed by atoms with Crippen LogP contribution in [0.4, 0.5) is 0 Å². The van der Waals surface area contributed by atoms with E-state index in [1.165, 1.54) is 0 Å². The quantitative estimate of drug-likeness (QED) is 0.822. The number of ketones is 1. The van der Waals surface area contributed by atoms with Crippen LogP contribution in [-0.4, -0.2) is 25.5 Å². The number of nitrogens with one attached hydrogen (secondary N) is 1. The summed E-state index contributed by atoms with van der Waals surface area (Å²) in [7, 11) is 1.89. The van der Waals surface area contributed by atoms with Crippen molar-refractivity contribution in [1.29, 1.82) is 0 Å². The minimum Gasteiger partial charge on any atom is -0.489 e. The highest BCUT2D eigenvalue weighted by molar-refractivity contribution is 5.98. The molecule has 0 amide bonds. The zero-order valence-corrected chi connectivity index (χ0v) is 12.4. The molecule has 4 heteroatoms. The lowest BCUT2D eigenvalue weighted by Gasteiger charge is -2.13. The van der Waals surface area contributed by atoms with Crippen molar-refractivity contribution in [3.63, 3.8) is 0 Å². The number of hydrogen-bond acceptors (Lipinski definition) is 4. The van der Waals surface area contributed by atoms with Crippen LogP contribution in [0, 0.1) is 5.92 Å². The van der Waals surface area contributed by atoms with Crippen molar-refractivity contribution in [3.8, 4) is 5.75 Å². The molecule has 108 valence electrons. The molecule has 1 aromatic carbocycles. The predicted molar refractivity (Wildman–Crippen MR) is 79.4 cm³/mol. The van der Waals surface area contributed by atoms with Gasteiger partial charge in [-0.25, -0.2) is 0 Å². The van der Waals surface area contributed by atoms with Crippen molar-refractivity contribution in [2.24, 2.45) is 5.92 Å². The number of carbonyl (C=O) groups is 1. The molecule has 0 unspecified atom stereocenters. The average Bonchev–Trinajstić information content (AvgIpc) is 2.80. The van der Waals surface area contributed by atoms with Gasteiger partial charge in [0.15, 0.2) is 5.76 Å². The minimum atomic E-state index is -0.0677. The molecule has 0 saturated heterocycles. The Kier molecular flexibility index (Phi) is 4.45. The van der Waals surface area contributed by atoms with Gasteiger partial charge in [0.25, 0.3) is 0 Å². The summed E-state index contributed by atoms with van der Waals surface area (Å²) in [4.78, 5) is 11.9. The van der Waals surface area contributed by atoms with Gasteiger partial charge in [0.2, 0.25) is 5.78 Å². The molecule has 0 saturated carbocycles. The van der Waals surface area contributed by atoms with Crippen molar-refractivity contribution in [2.45, 2.75) is 26.9 Å². The van der Waals surface area contributed by atoms with E-state index in [0.29, 0.717) is 11.3 Å². The van der Waals surface area contributed by atoms with Gasteiger partial charge in [-0.15, -0.1) is 0 Å². The van der Waals surface area contributed by atoms with Crippen LogP contribution in [0.15, 0.2) is 28.7 Å². The number of fused-ring (bicyclic) bond motifs is 1. The van der Waals surface area contributed by atoms with Gasteiger partial charge in [-0.1, -0.05) is 13.8 Å². The fourth-order valence-electron chi connectivity index (χ4n) is 2.05. The lowest BCUT2D eigenvalue weighted by molar-refractivity contribution is 0.0913. The Hall–Kier alpha value is -1.81. The predicted octanol–water partition coefficient (Wildman–Crippen LogP) is 3.26. The first-order valence-electron chi connectivity index (χ1n) is 6.90. The van der Waals surface area contributed by atoms with Crippen molar-refractivity contribution in [3.05, 3.63) is 30.0 Å². The molecule has 0 aliphatic heterocycles. The smallest absolute Gasteiger partial charge is 0.200 e. The lowest BCUT2D eigenvalue weighted by Crippen LogP contribution is -2.25. The summed E-state index contributed by atoms with van der Waals surface area (Å²) in [6, 6.07) is 7.43. The largest absolute Gasteiger partial charge is 0.489 e. The first-order chi connectivity index (χ1) is 9.51. The fraction of sp³-hybridized carbons (Fsp3) is 0.438. The second kappa shape index (κ2) is 6.09. The molecule has 1 aromatic heterocycles. The summed E-state index contributed by atoms with van der Waals surface area (Å²) in [5, 5.41) is 3.98. The number of rotatable bonds is 6. The van der Waals surface area contributed by atoms with Crippen molar-refractivity contribution in [1.82, 2.24) is 5.32 Å². The van der Waals surface area contributed by atoms with Gasteiger partial charge in [-0.2, -0.15) is 0 Å². The second-order valence-corrected chi connectivity index (χ2v) is 5.32. The zero-order chi connectivity index (χ0) is 14.7. The normalized spacial score (nSPS) is 12.8. The molecule has 2 aromatic rings. The number of benzene rings is 1. The molecular weight excluding hydrogens is 254 g/mol. The van der Waals surface area contributed by atoms with E-state index in [0.717, 1.165) is 17.7 Å². The van der Waals surface area contributed by atoms with Crippen LogP contribution in [-0.2, 0) is 0 Å². The number of carbonyl (C=O) groups excluding carboxylic acids is 1. The monoisotopic (exact) mass is 275 g/mol. The maximum atomic E-state index is 11.9. The van der Waals surface area contributed by atoms with Gasteiger partial charge < -0.3 is 14.5 Å². The van der Waals surface area contributed by atoms with Crippen LogP contribution in [0.1, 0.15) is 31.3 Å². The van der Waals surface area contributed by atoms with E-state index in [9.17, 15) is 4.79 Å². The Morgan fingerprint density at radius 2 is 2.05 bits per heavy atom. The van der Waals surface area contributed by atoms with Gasteiger partial charge in [0.1, 0.15) is 17.4 Å². The third-order valence-corrected chi connectivity index (χ3v) is 3.09. The van der Waals surface area contributed by atoms with E-state index in [1.54, 1.807) is 6.07 Å². The first kappa shape index (κ1) is 14.6. The standard InChI is InChI=1S/C16H21NO3/c1-10(2)16(18)15-7-12-5-6-13(8-14(12)20-15)19-11(3)9-17-4/h5-8,10-11,17H,9H2,1-4H3/t11-/m1/s1. The van der Waals surface area contributed by atoms with Crippen LogP contribution in [0.5, 0.6) is 5.75 Å². The maximum absolute atomic E-state index is 11.9. The highest BCUT2D eigenvalue weighted by Gasteiger charge is 2.16. The second-order valence-electron chi connectivity index (χ2n) is 5.32. The molecule has 0 spiro atoms. The van der Waals surface area contributed by atoms with E-state index in [2.05, 4.69) is 5.32 Å². The molecule has 0 radical (unpaired) electrons. The summed E-state index contributed by atoms with van der Waals surface area (Å²) in [5.41, 5.74) is 0.683. The molecule has 0 bridgehead atoms. The number of hydrogen-bond donors (Lipinski definition) is 1. The van der Waals surface area contributed by atoms with Crippen LogP contribution in [0.2, 0.25) is 0 Å². The third kappa shape index (κ3) is 3.20. The molecule has 0 aliphatic carbocycles. The van der Waals surface area contributed by atoms with Crippen LogP contribution in [0.25, 0.3) is 11.0 Å². The Balaban J connectivity index is 2.23. The average molecular weight is 275 g/mol. The SMILES string of the molecule is CNC[C@@H](C)Oc1ccc2cc(C(=O)C(C)C)oc2c1. The van der Waals surface area contributed by atoms with E-state index >= 15 is 0 Å². The van der Waals surface area contributed by atoms with Crippen molar-refractivity contribution in [2.75, 3.05) is 13.6 Å². The van der Waals surface area contributed by atoms with Crippen molar-refractivity contribution < 1.29 is 13.9 Å². The minimum absolute atomic E-state index is 0.0206. The Bertz CT molecular complexity index is 601. The Morgan fingerprint density at radius 3 is 2.70 bits per heavy atom. The highest BCUT2D eigenvalue weighted by atomic mass is 16.5. The molecule has 0 fully saturated rings. The Morgan fingerprint density at radius 1 is 1.30 bits per heavy atom. The summed E-state index contributed by atoms with van der Waals surface area (Å²) in [5.74, 6) is 1.11. The van der Waals surface area contributed by atoms with E-state index in [1.807, 2.05) is 46.0 Å². The molecule has 0 aliphatic rings. The molecule has 1 atom stereocenters. The molecule has 20 heavy (non-hydrogen) atoms. The van der Waals surface area contributed by atoms with Crippen LogP contribution in [0.3, 0.4) is 0 Å². The molecule has 2 rings (SSSR count). The maximum Gasteiger partial charge on any atom is 0.200 e. The Labute approximate surface area is 119 Å². The van der Waals surface area contributed by atoms with Crippen LogP contribution < -0.4 is 10.1 Å². The van der Waals surface area contributed by atoms with Gasteiger partial charge in [0, 0.05) is 23.9 Å². The third-order valence-electron chi connectivity index (χ3n) is 3.09. The van der Waals surface area contributed by atoms with Gasteiger partial charge in [0.05, 0.1) is 0 Å². The molecule has 1 heterocycles. The summed E-state index contributed by atoms with van der Waals surface area (Å²) >= 11 is 0. The van der Waals surface area contributed by atoms with E-state index in [4.69, 9.17) is 9.15 Å². The van der Waals surface area contributed by atoms with Gasteiger partial charge in [-0.3, -0.25) is 4.79 Å². The molecule has 1 N–H and O–H groups in total. The number of Topliss-reactive ketones (excluding diaryl/α,β-unsaturated/α-hetero) is 1. The number of furan rings is 1. The number of ether oxygens (including phenoxy) is 1. The summed E-state index contributed by atoms with van der Waals surface area (Å²) < 4.78 is 11.4. The summed E-state index contributed by atoms with van der Waals surface area (Å²) in [6.45, 7) is 6.50. The summed E-state index contributed by atoms with van der Waals surface area (Å²) in [6.07, 6.45) is 0.0733. The van der Waals surface area contributed by atoms with E-state index < -0.39 is 0 Å². The number of likely N-dealkylation sites (N-methyl/N-ethyl adjacent to an activating group) is 1. The van der Waals surface area contributed by atoms with Gasteiger partial charge in [-0.05, 0) is 32.2 Å². The zero-order valence-electron chi connectivity index (χ0n) is 12.4. The molecular formula is C16H21NO3.